The summed E-state index contributed by atoms with van der Waals surface area (Å²) in [5, 5.41) is 0. The number of oxazole rings is 1. The van der Waals surface area contributed by atoms with Crippen LogP contribution in [0.5, 0.6) is 0 Å². The lowest BCUT2D eigenvalue weighted by Crippen LogP contribution is -1.78. The van der Waals surface area contributed by atoms with Crippen LogP contribution in [0, 0.1) is 13.0 Å². The third kappa shape index (κ3) is 1.23. The van der Waals surface area contributed by atoms with Gasteiger partial charge in [-0.2, -0.15) is 0 Å². The maximum Gasteiger partial charge on any atom is 0.225 e. The Hall–Kier alpha value is -1.57. The largest absolute Gasteiger partial charge is 0.445 e. The Bertz CT molecular complexity index is 365. The summed E-state index contributed by atoms with van der Waals surface area (Å²) in [4.78, 5) is 4.05. The first-order valence-corrected chi connectivity index (χ1v) is 3.74. The van der Waals surface area contributed by atoms with Gasteiger partial charge in [0, 0.05) is 5.56 Å². The number of aromatic nitrogens is 1. The molecule has 1 heterocycles. The van der Waals surface area contributed by atoms with Crippen molar-refractivity contribution >= 4 is 0 Å². The normalized spacial score (nSPS) is 10.1. The molecule has 12 heavy (non-hydrogen) atoms. The molecule has 0 N–H and O–H groups in total. The summed E-state index contributed by atoms with van der Waals surface area (Å²) in [5.74, 6) is 0.659. The van der Waals surface area contributed by atoms with Gasteiger partial charge < -0.3 is 4.42 Å². The van der Waals surface area contributed by atoms with E-state index in [9.17, 15) is 0 Å². The molecule has 2 heteroatoms. The van der Waals surface area contributed by atoms with Gasteiger partial charge in [0.1, 0.15) is 6.26 Å². The van der Waals surface area contributed by atoms with E-state index in [2.05, 4.69) is 11.1 Å². The highest BCUT2D eigenvalue weighted by molar-refractivity contribution is 5.53. The molecule has 0 unspecified atom stereocenters. The Kier molecular flexibility index (Phi) is 1.67. The first-order chi connectivity index (χ1) is 5.86. The van der Waals surface area contributed by atoms with Crippen LogP contribution in [0.4, 0.5) is 0 Å². The molecule has 0 atom stereocenters. The van der Waals surface area contributed by atoms with Crippen molar-refractivity contribution in [1.82, 2.24) is 4.98 Å². The van der Waals surface area contributed by atoms with Crippen molar-refractivity contribution in [2.45, 2.75) is 6.92 Å². The van der Waals surface area contributed by atoms with Gasteiger partial charge >= 0.3 is 0 Å². The molecule has 0 spiro atoms. The van der Waals surface area contributed by atoms with E-state index in [0.717, 1.165) is 11.1 Å². The minimum Gasteiger partial charge on any atom is -0.445 e. The fourth-order valence-corrected chi connectivity index (χ4v) is 1.08. The van der Waals surface area contributed by atoms with Gasteiger partial charge in [-0.3, -0.25) is 0 Å². The third-order valence-electron chi connectivity index (χ3n) is 1.63. The molecule has 0 aliphatic heterocycles. The van der Waals surface area contributed by atoms with Crippen LogP contribution < -0.4 is 0 Å². The first-order valence-electron chi connectivity index (χ1n) is 3.74. The monoisotopic (exact) mass is 158 g/mol. The molecule has 59 valence electrons. The predicted octanol–water partition coefficient (Wildman–Crippen LogP) is 2.45. The molecule has 2 aromatic rings. The van der Waals surface area contributed by atoms with Gasteiger partial charge in [0.15, 0.2) is 0 Å². The quantitative estimate of drug-likeness (QED) is 0.637. The number of nitrogens with zero attached hydrogens (tertiary/aromatic N) is 1. The van der Waals surface area contributed by atoms with Crippen molar-refractivity contribution in [3.8, 4) is 11.5 Å². The number of hydrogen-bond donors (Lipinski definition) is 0. The van der Waals surface area contributed by atoms with E-state index in [-0.39, 0.29) is 0 Å². The summed E-state index contributed by atoms with van der Waals surface area (Å²) < 4.78 is 5.15. The highest BCUT2D eigenvalue weighted by Gasteiger charge is 2.00. The molecule has 2 rings (SSSR count). The molecule has 0 aliphatic carbocycles. The number of hydrogen-bond acceptors (Lipinski definition) is 2. The fraction of sp³-hybridized carbons (Fsp3) is 0.100. The Morgan fingerprint density at radius 3 is 3.08 bits per heavy atom. The van der Waals surface area contributed by atoms with Crippen molar-refractivity contribution in [3.05, 3.63) is 42.3 Å². The molecule has 0 saturated heterocycles. The van der Waals surface area contributed by atoms with Crippen LogP contribution in [-0.2, 0) is 0 Å². The number of benzene rings is 1. The van der Waals surface area contributed by atoms with Crippen molar-refractivity contribution in [2.75, 3.05) is 0 Å². The maximum atomic E-state index is 5.15. The molecule has 2 nitrogen and oxygen atoms in total. The van der Waals surface area contributed by atoms with Crippen LogP contribution in [0.2, 0.25) is 0 Å². The lowest BCUT2D eigenvalue weighted by Gasteiger charge is -1.95. The van der Waals surface area contributed by atoms with Gasteiger partial charge in [-0.05, 0) is 30.7 Å². The minimum atomic E-state index is 0.659. The van der Waals surface area contributed by atoms with Crippen molar-refractivity contribution in [1.29, 1.82) is 0 Å². The molecule has 1 aromatic heterocycles. The Morgan fingerprint density at radius 2 is 2.42 bits per heavy atom. The Morgan fingerprint density at radius 1 is 1.50 bits per heavy atom. The Balaban J connectivity index is 2.48. The fourth-order valence-electron chi connectivity index (χ4n) is 1.08. The Labute approximate surface area is 70.9 Å². The summed E-state index contributed by atoms with van der Waals surface area (Å²) in [6.07, 6.45) is 3.21. The molecule has 0 fully saturated rings. The average molecular weight is 158 g/mol. The molecule has 0 saturated carbocycles. The van der Waals surface area contributed by atoms with Gasteiger partial charge in [-0.15, -0.1) is 0 Å². The first kappa shape index (κ1) is 7.10. The maximum absolute atomic E-state index is 5.15. The molecular formula is C10H8NO. The minimum absolute atomic E-state index is 0.659. The summed E-state index contributed by atoms with van der Waals surface area (Å²) in [6.45, 7) is 1.99. The lowest BCUT2D eigenvalue weighted by molar-refractivity contribution is 0.574. The van der Waals surface area contributed by atoms with Crippen molar-refractivity contribution in [2.24, 2.45) is 0 Å². The zero-order valence-corrected chi connectivity index (χ0v) is 6.74. The van der Waals surface area contributed by atoms with E-state index >= 15 is 0 Å². The van der Waals surface area contributed by atoms with Crippen LogP contribution >= 0.6 is 0 Å². The summed E-state index contributed by atoms with van der Waals surface area (Å²) >= 11 is 0. The van der Waals surface area contributed by atoms with Crippen LogP contribution in [0.3, 0.4) is 0 Å². The van der Waals surface area contributed by atoms with Gasteiger partial charge in [0.2, 0.25) is 5.89 Å². The zero-order chi connectivity index (χ0) is 8.39. The van der Waals surface area contributed by atoms with Crippen molar-refractivity contribution < 1.29 is 4.42 Å². The van der Waals surface area contributed by atoms with Gasteiger partial charge in [0.25, 0.3) is 0 Å². The van der Waals surface area contributed by atoms with Crippen LogP contribution in [0.1, 0.15) is 5.56 Å². The smallest absolute Gasteiger partial charge is 0.225 e. The second kappa shape index (κ2) is 2.81. The predicted molar refractivity (Wildman–Crippen MR) is 45.5 cm³/mol. The molecular weight excluding hydrogens is 150 g/mol. The molecule has 0 bridgehead atoms. The summed E-state index contributed by atoms with van der Waals surface area (Å²) in [5.41, 5.74) is 2.09. The molecule has 1 radical (unpaired) electrons. The van der Waals surface area contributed by atoms with E-state index < -0.39 is 0 Å². The molecule has 0 amide bonds. The van der Waals surface area contributed by atoms with E-state index in [1.807, 2.05) is 25.1 Å². The van der Waals surface area contributed by atoms with Crippen LogP contribution in [-0.4, -0.2) is 4.98 Å². The molecule has 0 aliphatic rings. The highest BCUT2D eigenvalue weighted by Crippen LogP contribution is 2.16. The summed E-state index contributed by atoms with van der Waals surface area (Å²) in [7, 11) is 0. The second-order valence-corrected chi connectivity index (χ2v) is 2.60. The number of rotatable bonds is 1. The van der Waals surface area contributed by atoms with Gasteiger partial charge in [-0.1, -0.05) is 6.07 Å². The average Bonchev–Trinajstić information content (AvgIpc) is 2.56. The third-order valence-corrected chi connectivity index (χ3v) is 1.63. The SMILES string of the molecule is Cc1[c]ccc(-c2ncco2)c1. The van der Waals surface area contributed by atoms with Gasteiger partial charge in [-0.25, -0.2) is 4.98 Å². The standard InChI is InChI=1S/C10H8NO/c1-8-3-2-4-9(7-8)10-11-5-6-12-10/h2,4-7H,1H3. The highest BCUT2D eigenvalue weighted by atomic mass is 16.3. The lowest BCUT2D eigenvalue weighted by atomic mass is 10.1. The second-order valence-electron chi connectivity index (χ2n) is 2.60. The summed E-state index contributed by atoms with van der Waals surface area (Å²) in [6, 6.07) is 8.86. The van der Waals surface area contributed by atoms with E-state index in [0.29, 0.717) is 5.89 Å². The molecule has 1 aromatic carbocycles. The van der Waals surface area contributed by atoms with Crippen molar-refractivity contribution in [3.63, 3.8) is 0 Å². The van der Waals surface area contributed by atoms with E-state index in [4.69, 9.17) is 4.42 Å². The topological polar surface area (TPSA) is 26.0 Å². The van der Waals surface area contributed by atoms with E-state index in [1.165, 1.54) is 0 Å². The van der Waals surface area contributed by atoms with Gasteiger partial charge in [0.05, 0.1) is 6.20 Å². The van der Waals surface area contributed by atoms with Crippen LogP contribution in [0.15, 0.2) is 35.1 Å². The number of aryl methyl sites for hydroxylation is 1. The van der Waals surface area contributed by atoms with Crippen LogP contribution in [0.25, 0.3) is 11.5 Å². The van der Waals surface area contributed by atoms with E-state index in [1.54, 1.807) is 12.5 Å². The zero-order valence-electron chi connectivity index (χ0n) is 6.74.